The summed E-state index contributed by atoms with van der Waals surface area (Å²) < 4.78 is 61.8. The molecule has 0 saturated carbocycles. The van der Waals surface area contributed by atoms with E-state index >= 15 is 0 Å². The Morgan fingerprint density at radius 3 is 2.38 bits per heavy atom. The van der Waals surface area contributed by atoms with Crippen molar-refractivity contribution < 1.29 is 22.0 Å². The van der Waals surface area contributed by atoms with E-state index in [1.54, 1.807) is 0 Å². The van der Waals surface area contributed by atoms with Crippen LogP contribution in [0.3, 0.4) is 0 Å². The fourth-order valence-corrected chi connectivity index (χ4v) is 1.17. The number of nitrogens with two attached hydrogens (primary N) is 1. The quantitative estimate of drug-likeness (QED) is 0.819. The van der Waals surface area contributed by atoms with Gasteiger partial charge in [-0.1, -0.05) is 0 Å². The first-order valence-electron chi connectivity index (χ1n) is 4.35. The summed E-state index contributed by atoms with van der Waals surface area (Å²) in [7, 11) is 1.25. The Kier molecular flexibility index (Phi) is 3.51. The molecule has 1 rings (SSSR count). The number of alkyl halides is 5. The molecule has 0 radical (unpaired) electrons. The summed E-state index contributed by atoms with van der Waals surface area (Å²) in [5, 5.41) is 3.19. The van der Waals surface area contributed by atoms with Gasteiger partial charge in [0.05, 0.1) is 6.04 Å². The number of aryl methyl sites for hydroxylation is 1. The second-order valence-electron chi connectivity index (χ2n) is 3.34. The zero-order chi connectivity index (χ0) is 12.5. The Morgan fingerprint density at radius 2 is 2.00 bits per heavy atom. The molecule has 3 nitrogen and oxygen atoms in total. The van der Waals surface area contributed by atoms with Crippen molar-refractivity contribution in [3.05, 3.63) is 17.5 Å². The molecule has 0 amide bonds. The molecule has 1 heterocycles. The topological polar surface area (TPSA) is 43.8 Å². The molecule has 0 bridgehead atoms. The maximum Gasteiger partial charge on any atom is 0.435 e. The van der Waals surface area contributed by atoms with Crippen LogP contribution in [0.5, 0.6) is 0 Å². The van der Waals surface area contributed by atoms with Crippen LogP contribution in [0.2, 0.25) is 0 Å². The molecule has 92 valence electrons. The van der Waals surface area contributed by atoms with Crippen LogP contribution in [-0.2, 0) is 19.6 Å². The summed E-state index contributed by atoms with van der Waals surface area (Å²) in [4.78, 5) is 0. The smallest absolute Gasteiger partial charge is 0.323 e. The molecular weight excluding hydrogens is 233 g/mol. The van der Waals surface area contributed by atoms with E-state index < -0.39 is 24.3 Å². The van der Waals surface area contributed by atoms with Gasteiger partial charge in [-0.2, -0.15) is 18.3 Å². The third kappa shape index (κ3) is 2.91. The third-order valence-electron chi connectivity index (χ3n) is 2.04. The Balaban J connectivity index is 2.87. The minimum absolute atomic E-state index is 0.0279. The lowest BCUT2D eigenvalue weighted by Crippen LogP contribution is -2.31. The first-order valence-corrected chi connectivity index (χ1v) is 4.35. The van der Waals surface area contributed by atoms with Gasteiger partial charge in [-0.3, -0.25) is 4.68 Å². The van der Waals surface area contributed by atoms with Gasteiger partial charge in [0.25, 0.3) is 6.43 Å². The summed E-state index contributed by atoms with van der Waals surface area (Å²) in [6.07, 6.45) is -7.70. The van der Waals surface area contributed by atoms with Crippen molar-refractivity contribution in [1.82, 2.24) is 9.78 Å². The Morgan fingerprint density at radius 1 is 1.44 bits per heavy atom. The van der Waals surface area contributed by atoms with Gasteiger partial charge in [-0.15, -0.1) is 0 Å². The van der Waals surface area contributed by atoms with Crippen LogP contribution in [0.25, 0.3) is 0 Å². The van der Waals surface area contributed by atoms with Gasteiger partial charge in [0.2, 0.25) is 0 Å². The molecule has 1 aromatic heterocycles. The predicted molar refractivity (Wildman–Crippen MR) is 45.9 cm³/mol. The Bertz CT molecular complexity index is 357. The Labute approximate surface area is 88.0 Å². The van der Waals surface area contributed by atoms with Crippen LogP contribution in [0.15, 0.2) is 6.07 Å². The summed E-state index contributed by atoms with van der Waals surface area (Å²) in [6, 6.07) is -0.765. The highest BCUT2D eigenvalue weighted by Gasteiger charge is 2.34. The van der Waals surface area contributed by atoms with Gasteiger partial charge in [-0.25, -0.2) is 8.78 Å². The van der Waals surface area contributed by atoms with Crippen LogP contribution in [0, 0.1) is 0 Å². The summed E-state index contributed by atoms with van der Waals surface area (Å²) >= 11 is 0. The number of hydrogen-bond donors (Lipinski definition) is 1. The summed E-state index contributed by atoms with van der Waals surface area (Å²) in [5.41, 5.74) is 3.99. The van der Waals surface area contributed by atoms with Crippen LogP contribution in [-0.4, -0.2) is 22.2 Å². The minimum atomic E-state index is -4.58. The van der Waals surface area contributed by atoms with Crippen molar-refractivity contribution in [2.24, 2.45) is 12.8 Å². The molecule has 0 aliphatic heterocycles. The molecule has 0 fully saturated rings. The van der Waals surface area contributed by atoms with E-state index in [4.69, 9.17) is 5.73 Å². The number of halogens is 5. The molecule has 0 spiro atoms. The van der Waals surface area contributed by atoms with Crippen molar-refractivity contribution in [3.63, 3.8) is 0 Å². The van der Waals surface area contributed by atoms with Crippen LogP contribution < -0.4 is 5.73 Å². The lowest BCUT2D eigenvalue weighted by molar-refractivity contribution is -0.141. The predicted octanol–water partition coefficient (Wildman–Crippen LogP) is 1.57. The van der Waals surface area contributed by atoms with E-state index in [0.717, 1.165) is 10.7 Å². The lowest BCUT2D eigenvalue weighted by Gasteiger charge is -2.09. The summed E-state index contributed by atoms with van der Waals surface area (Å²) in [6.45, 7) is 0. The standard InChI is InChI=1S/C8H10F5N3/c1-16-4(2-5(14)7(9)10)3-6(15-16)8(11,12)13/h3,5,7H,2,14H2,1H3. The van der Waals surface area contributed by atoms with E-state index in [2.05, 4.69) is 5.10 Å². The number of nitrogens with zero attached hydrogens (tertiary/aromatic N) is 2. The lowest BCUT2D eigenvalue weighted by atomic mass is 10.1. The molecule has 1 atom stereocenters. The highest BCUT2D eigenvalue weighted by atomic mass is 19.4. The highest BCUT2D eigenvalue weighted by Crippen LogP contribution is 2.28. The third-order valence-corrected chi connectivity index (χ3v) is 2.04. The fourth-order valence-electron chi connectivity index (χ4n) is 1.17. The number of aromatic nitrogens is 2. The second kappa shape index (κ2) is 4.36. The molecule has 0 aliphatic rings. The van der Waals surface area contributed by atoms with Crippen LogP contribution >= 0.6 is 0 Å². The van der Waals surface area contributed by atoms with E-state index in [0.29, 0.717) is 0 Å². The second-order valence-corrected chi connectivity index (χ2v) is 3.34. The van der Waals surface area contributed by atoms with E-state index in [9.17, 15) is 22.0 Å². The van der Waals surface area contributed by atoms with Crippen molar-refractivity contribution in [1.29, 1.82) is 0 Å². The largest absolute Gasteiger partial charge is 0.435 e. The molecule has 1 aromatic rings. The summed E-state index contributed by atoms with van der Waals surface area (Å²) in [5.74, 6) is 0. The number of hydrogen-bond acceptors (Lipinski definition) is 2. The molecule has 0 saturated heterocycles. The van der Waals surface area contributed by atoms with Crippen LogP contribution in [0.1, 0.15) is 11.4 Å². The van der Waals surface area contributed by atoms with Gasteiger partial charge in [0.1, 0.15) is 0 Å². The van der Waals surface area contributed by atoms with Crippen molar-refractivity contribution in [2.75, 3.05) is 0 Å². The highest BCUT2D eigenvalue weighted by molar-refractivity contribution is 5.14. The van der Waals surface area contributed by atoms with Gasteiger partial charge in [0.15, 0.2) is 5.69 Å². The first-order chi connectivity index (χ1) is 7.21. The normalized spacial score (nSPS) is 14.5. The fraction of sp³-hybridized carbons (Fsp3) is 0.625. The van der Waals surface area contributed by atoms with E-state index in [1.807, 2.05) is 0 Å². The monoisotopic (exact) mass is 243 g/mol. The molecule has 0 aliphatic carbocycles. The molecule has 8 heteroatoms. The molecular formula is C8H10F5N3. The minimum Gasteiger partial charge on any atom is -0.323 e. The average molecular weight is 243 g/mol. The van der Waals surface area contributed by atoms with Gasteiger partial charge < -0.3 is 5.73 Å². The molecule has 0 aromatic carbocycles. The van der Waals surface area contributed by atoms with Gasteiger partial charge >= 0.3 is 6.18 Å². The van der Waals surface area contributed by atoms with Crippen molar-refractivity contribution in [3.8, 4) is 0 Å². The maximum atomic E-state index is 12.2. The van der Waals surface area contributed by atoms with Gasteiger partial charge in [0, 0.05) is 19.2 Å². The van der Waals surface area contributed by atoms with Crippen molar-refractivity contribution in [2.45, 2.75) is 25.1 Å². The van der Waals surface area contributed by atoms with Gasteiger partial charge in [-0.05, 0) is 6.07 Å². The SMILES string of the molecule is Cn1nc(C(F)(F)F)cc1CC(N)C(F)F. The maximum absolute atomic E-state index is 12.2. The first kappa shape index (κ1) is 12.9. The molecule has 1 unspecified atom stereocenters. The van der Waals surface area contributed by atoms with E-state index in [-0.39, 0.29) is 12.1 Å². The van der Waals surface area contributed by atoms with E-state index in [1.165, 1.54) is 7.05 Å². The zero-order valence-corrected chi connectivity index (χ0v) is 8.30. The zero-order valence-electron chi connectivity index (χ0n) is 8.30. The average Bonchev–Trinajstić information content (AvgIpc) is 2.47. The number of rotatable bonds is 3. The molecule has 2 N–H and O–H groups in total. The van der Waals surface area contributed by atoms with Crippen molar-refractivity contribution >= 4 is 0 Å². The molecule has 16 heavy (non-hydrogen) atoms. The van der Waals surface area contributed by atoms with Crippen LogP contribution in [0.4, 0.5) is 22.0 Å². The Hall–Kier alpha value is -1.18.